The van der Waals surface area contributed by atoms with Gasteiger partial charge in [-0.1, -0.05) is 35.9 Å². The van der Waals surface area contributed by atoms with E-state index in [1.165, 1.54) is 24.1 Å². The number of anilines is 1. The Hall–Kier alpha value is -5.04. The number of nitrogens with zero attached hydrogens (tertiary/aromatic N) is 2. The van der Waals surface area contributed by atoms with E-state index in [9.17, 15) is 24.8 Å². The second-order valence-corrected chi connectivity index (χ2v) is 11.2. The minimum absolute atomic E-state index is 0.0139. The zero-order chi connectivity index (χ0) is 31.7. The van der Waals surface area contributed by atoms with Gasteiger partial charge in [0.25, 0.3) is 5.91 Å². The molecule has 3 N–H and O–H groups in total. The lowest BCUT2D eigenvalue weighted by molar-refractivity contribution is -0.140. The normalized spacial score (nSPS) is 12.3. The second kappa shape index (κ2) is 14.2. The van der Waals surface area contributed by atoms with E-state index in [1.807, 2.05) is 32.0 Å². The van der Waals surface area contributed by atoms with Crippen molar-refractivity contribution in [1.29, 1.82) is 5.26 Å². The summed E-state index contributed by atoms with van der Waals surface area (Å²) >= 11 is 0. The lowest BCUT2D eigenvalue weighted by Crippen LogP contribution is -2.53. The van der Waals surface area contributed by atoms with Gasteiger partial charge in [-0.05, 0) is 87.7 Å². The molecule has 0 radical (unpaired) electrons. The van der Waals surface area contributed by atoms with Gasteiger partial charge in [0.2, 0.25) is 5.91 Å². The maximum Gasteiger partial charge on any atom is 0.408 e. The maximum absolute atomic E-state index is 14.3. The molecule has 3 amide bonds. The molecule has 10 heteroatoms. The molecular formula is C33H38N4O6. The molecule has 0 aliphatic rings. The summed E-state index contributed by atoms with van der Waals surface area (Å²) in [5, 5.41) is 25.1. The van der Waals surface area contributed by atoms with E-state index in [2.05, 4.69) is 10.6 Å². The summed E-state index contributed by atoms with van der Waals surface area (Å²) in [6.07, 6.45) is -0.813. The van der Waals surface area contributed by atoms with E-state index < -0.39 is 42.1 Å². The third kappa shape index (κ3) is 9.23. The van der Waals surface area contributed by atoms with Crippen molar-refractivity contribution < 1.29 is 29.0 Å². The Morgan fingerprint density at radius 3 is 2.21 bits per heavy atom. The number of amides is 3. The van der Waals surface area contributed by atoms with Crippen molar-refractivity contribution in [2.75, 3.05) is 19.0 Å². The van der Waals surface area contributed by atoms with Crippen molar-refractivity contribution in [3.63, 3.8) is 0 Å². The molecule has 0 aliphatic carbocycles. The van der Waals surface area contributed by atoms with Crippen LogP contribution in [0.1, 0.15) is 49.1 Å². The molecule has 0 aromatic heterocycles. The van der Waals surface area contributed by atoms with Gasteiger partial charge < -0.3 is 30.1 Å². The number of ether oxygens (including phenoxy) is 2. The van der Waals surface area contributed by atoms with Crippen molar-refractivity contribution in [3.8, 4) is 17.6 Å². The fourth-order valence-electron chi connectivity index (χ4n) is 4.56. The molecule has 0 aliphatic heterocycles. The smallest absolute Gasteiger partial charge is 0.408 e. The van der Waals surface area contributed by atoms with Crippen molar-refractivity contribution in [1.82, 2.24) is 10.2 Å². The van der Waals surface area contributed by atoms with E-state index >= 15 is 0 Å². The minimum atomic E-state index is -1.21. The van der Waals surface area contributed by atoms with E-state index in [1.54, 1.807) is 63.2 Å². The number of methoxy groups -OCH3 is 1. The van der Waals surface area contributed by atoms with Crippen molar-refractivity contribution in [2.24, 2.45) is 0 Å². The fraction of sp³-hybridized carbons (Fsp3) is 0.333. The molecule has 0 fully saturated rings. The molecule has 3 aromatic rings. The van der Waals surface area contributed by atoms with Crippen molar-refractivity contribution in [2.45, 2.75) is 58.7 Å². The van der Waals surface area contributed by atoms with Crippen molar-refractivity contribution in [3.05, 3.63) is 89.0 Å². The predicted octanol–water partition coefficient (Wildman–Crippen LogP) is 5.19. The van der Waals surface area contributed by atoms with Crippen molar-refractivity contribution >= 4 is 23.6 Å². The number of nitrogens with one attached hydrogen (secondary N) is 2. The molecule has 0 saturated carbocycles. The lowest BCUT2D eigenvalue weighted by Gasteiger charge is -2.33. The van der Waals surface area contributed by atoms with Crippen LogP contribution in [0.2, 0.25) is 0 Å². The van der Waals surface area contributed by atoms with Gasteiger partial charge in [0, 0.05) is 12.1 Å². The Bertz CT molecular complexity index is 1470. The summed E-state index contributed by atoms with van der Waals surface area (Å²) in [7, 11) is 1.54. The number of aryl methyl sites for hydroxylation is 2. The van der Waals surface area contributed by atoms with Gasteiger partial charge in [0.05, 0.1) is 13.2 Å². The van der Waals surface area contributed by atoms with E-state index in [-0.39, 0.29) is 12.2 Å². The molecule has 10 nitrogen and oxygen atoms in total. The molecule has 0 bridgehead atoms. The number of aromatic hydroxyl groups is 1. The van der Waals surface area contributed by atoms with Crippen LogP contribution in [0.5, 0.6) is 11.5 Å². The predicted molar refractivity (Wildman–Crippen MR) is 163 cm³/mol. The zero-order valence-corrected chi connectivity index (χ0v) is 25.3. The first-order valence-electron chi connectivity index (χ1n) is 13.8. The van der Waals surface area contributed by atoms with Gasteiger partial charge in [-0.3, -0.25) is 9.59 Å². The van der Waals surface area contributed by atoms with Crippen LogP contribution in [0.3, 0.4) is 0 Å². The number of phenols is 1. The molecule has 0 spiro atoms. The number of alkyl carbamates (subject to hydrolysis) is 1. The number of nitriles is 1. The zero-order valence-electron chi connectivity index (χ0n) is 25.3. The molecular weight excluding hydrogens is 548 g/mol. The number of phenolic OH excluding ortho intramolecular Hbond substituents is 1. The monoisotopic (exact) mass is 586 g/mol. The number of hydrogen-bond acceptors (Lipinski definition) is 7. The second-order valence-electron chi connectivity index (χ2n) is 11.2. The van der Waals surface area contributed by atoms with E-state index in [0.717, 1.165) is 11.1 Å². The molecule has 2 atom stereocenters. The third-order valence-electron chi connectivity index (χ3n) is 6.53. The van der Waals surface area contributed by atoms with Gasteiger partial charge >= 0.3 is 6.09 Å². The fourth-order valence-corrected chi connectivity index (χ4v) is 4.56. The Morgan fingerprint density at radius 1 is 1.00 bits per heavy atom. The highest BCUT2D eigenvalue weighted by atomic mass is 16.6. The minimum Gasteiger partial charge on any atom is -0.508 e. The summed E-state index contributed by atoms with van der Waals surface area (Å²) < 4.78 is 10.6. The highest BCUT2D eigenvalue weighted by molar-refractivity contribution is 5.99. The maximum atomic E-state index is 14.3. The topological polar surface area (TPSA) is 141 Å². The Balaban J connectivity index is 2.07. The highest BCUT2D eigenvalue weighted by Crippen LogP contribution is 2.28. The molecule has 2 unspecified atom stereocenters. The number of carbonyl (C=O) groups excluding carboxylic acids is 3. The Kier molecular flexibility index (Phi) is 10.7. The van der Waals surface area contributed by atoms with Crippen LogP contribution in [0.4, 0.5) is 10.5 Å². The Morgan fingerprint density at radius 2 is 1.65 bits per heavy atom. The van der Waals surface area contributed by atoms with Gasteiger partial charge in [-0.15, -0.1) is 0 Å². The van der Waals surface area contributed by atoms with Crippen LogP contribution in [-0.4, -0.2) is 53.2 Å². The van der Waals surface area contributed by atoms with Crippen LogP contribution in [-0.2, 0) is 20.7 Å². The van der Waals surface area contributed by atoms with Gasteiger partial charge in [0.15, 0.2) is 0 Å². The largest absolute Gasteiger partial charge is 0.508 e. The molecule has 226 valence electrons. The van der Waals surface area contributed by atoms with E-state index in [4.69, 9.17) is 9.47 Å². The summed E-state index contributed by atoms with van der Waals surface area (Å²) in [6, 6.07) is 18.0. The quantitative estimate of drug-likeness (QED) is 0.278. The van der Waals surface area contributed by atoms with Crippen LogP contribution in [0, 0.1) is 25.2 Å². The van der Waals surface area contributed by atoms with Crippen LogP contribution >= 0.6 is 0 Å². The highest BCUT2D eigenvalue weighted by Gasteiger charge is 2.37. The first-order chi connectivity index (χ1) is 20.3. The first-order valence-corrected chi connectivity index (χ1v) is 13.8. The summed E-state index contributed by atoms with van der Waals surface area (Å²) in [5.41, 5.74) is 2.52. The molecule has 3 aromatic carbocycles. The molecule has 43 heavy (non-hydrogen) atoms. The van der Waals surface area contributed by atoms with Crippen LogP contribution < -0.4 is 15.4 Å². The summed E-state index contributed by atoms with van der Waals surface area (Å²) in [6.45, 7) is 8.41. The van der Waals surface area contributed by atoms with E-state index in [0.29, 0.717) is 22.6 Å². The summed E-state index contributed by atoms with van der Waals surface area (Å²) in [5.74, 6) is -0.546. The number of carbonyl (C=O) groups is 3. The lowest BCUT2D eigenvalue weighted by atomic mass is 9.95. The Labute approximate surface area is 252 Å². The molecule has 0 heterocycles. The number of hydrogen-bond donors (Lipinski definition) is 3. The van der Waals surface area contributed by atoms with Crippen LogP contribution in [0.25, 0.3) is 0 Å². The average molecular weight is 587 g/mol. The first kappa shape index (κ1) is 32.5. The molecule has 0 saturated heterocycles. The van der Waals surface area contributed by atoms with Gasteiger partial charge in [-0.25, -0.2) is 4.79 Å². The van der Waals surface area contributed by atoms with Crippen LogP contribution in [0.15, 0.2) is 66.7 Å². The standard InChI is InChI=1S/C33H38N4O6/c1-21-7-16-27(22(2)19-21)29(30(39)35-24-10-14-26(42-6)15-11-24)37(18-17-34)31(40)28(36-32(41)43-33(3,4)5)20-23-8-12-25(38)13-9-23/h7-16,19,28-29,38H,18,20H2,1-6H3,(H,35,39)(H,36,41). The number of rotatable bonds is 10. The number of benzene rings is 3. The SMILES string of the molecule is COc1ccc(NC(=O)C(c2ccc(C)cc2C)N(CC#N)C(=O)C(Cc2ccc(O)cc2)NC(=O)OC(C)(C)C)cc1. The van der Waals surface area contributed by atoms with Gasteiger partial charge in [0.1, 0.15) is 35.7 Å². The summed E-state index contributed by atoms with van der Waals surface area (Å²) in [4.78, 5) is 42.3. The molecule has 3 rings (SSSR count). The third-order valence-corrected chi connectivity index (χ3v) is 6.53. The average Bonchev–Trinajstić information content (AvgIpc) is 2.93. The van der Waals surface area contributed by atoms with Gasteiger partial charge in [-0.2, -0.15) is 5.26 Å².